The minimum absolute atomic E-state index is 0.116. The quantitative estimate of drug-likeness (QED) is 0.474. The summed E-state index contributed by atoms with van der Waals surface area (Å²) >= 11 is 4.38. The zero-order chi connectivity index (χ0) is 18.6. The Kier molecular flexibility index (Phi) is 5.33. The van der Waals surface area contributed by atoms with Crippen LogP contribution in [-0.4, -0.2) is 31.4 Å². The second kappa shape index (κ2) is 8.03. The number of carbonyl (C=O) groups excluding carboxylic acids is 1. The Morgan fingerprint density at radius 2 is 2.00 bits per heavy atom. The van der Waals surface area contributed by atoms with Crippen LogP contribution >= 0.6 is 34.4 Å². The molecule has 0 aliphatic heterocycles. The summed E-state index contributed by atoms with van der Waals surface area (Å²) in [5, 5.41) is 16.5. The molecule has 0 bridgehead atoms. The van der Waals surface area contributed by atoms with Gasteiger partial charge in [-0.15, -0.1) is 32.9 Å². The molecule has 136 valence electrons. The number of nitrogens with one attached hydrogen (secondary N) is 1. The predicted octanol–water partition coefficient (Wildman–Crippen LogP) is 4.40. The van der Waals surface area contributed by atoms with E-state index in [4.69, 9.17) is 0 Å². The third-order valence-corrected chi connectivity index (χ3v) is 6.37. The molecular formula is C18H15N5OS3. The minimum atomic E-state index is -0.116. The molecule has 3 heterocycles. The second-order valence-electron chi connectivity index (χ2n) is 5.58. The molecule has 0 saturated heterocycles. The van der Waals surface area contributed by atoms with Crippen molar-refractivity contribution in [2.75, 3.05) is 11.1 Å². The van der Waals surface area contributed by atoms with Crippen LogP contribution in [0.4, 0.5) is 5.13 Å². The number of thiophene rings is 1. The van der Waals surface area contributed by atoms with Gasteiger partial charge >= 0.3 is 0 Å². The zero-order valence-corrected chi connectivity index (χ0v) is 16.8. The summed E-state index contributed by atoms with van der Waals surface area (Å²) in [6, 6.07) is 13.9. The molecule has 6 nitrogen and oxygen atoms in total. The maximum absolute atomic E-state index is 12.3. The van der Waals surface area contributed by atoms with Crippen LogP contribution in [0.3, 0.4) is 0 Å². The number of aromatic nitrogens is 4. The van der Waals surface area contributed by atoms with Crippen molar-refractivity contribution in [2.45, 2.75) is 5.16 Å². The Bertz CT molecular complexity index is 1040. The number of hydrogen-bond acceptors (Lipinski definition) is 7. The summed E-state index contributed by atoms with van der Waals surface area (Å²) < 4.78 is 1.90. The van der Waals surface area contributed by atoms with Crippen LogP contribution < -0.4 is 5.32 Å². The van der Waals surface area contributed by atoms with Crippen LogP contribution in [0.2, 0.25) is 0 Å². The molecule has 0 spiro atoms. The molecule has 9 heteroatoms. The first kappa shape index (κ1) is 17.9. The van der Waals surface area contributed by atoms with Crippen molar-refractivity contribution in [1.82, 2.24) is 19.7 Å². The fourth-order valence-electron chi connectivity index (χ4n) is 2.42. The van der Waals surface area contributed by atoms with Gasteiger partial charge in [0.15, 0.2) is 16.1 Å². The number of carbonyl (C=O) groups is 1. The summed E-state index contributed by atoms with van der Waals surface area (Å²) in [5.41, 5.74) is 1.89. The number of amides is 1. The number of hydrogen-bond donors (Lipinski definition) is 1. The summed E-state index contributed by atoms with van der Waals surface area (Å²) in [6.45, 7) is 0. The molecule has 1 aromatic carbocycles. The maximum atomic E-state index is 12.3. The van der Waals surface area contributed by atoms with E-state index in [1.807, 2.05) is 64.8 Å². The van der Waals surface area contributed by atoms with E-state index in [9.17, 15) is 4.79 Å². The molecule has 0 aliphatic rings. The van der Waals surface area contributed by atoms with Crippen LogP contribution in [0.5, 0.6) is 0 Å². The fourth-order valence-corrected chi connectivity index (χ4v) is 4.61. The lowest BCUT2D eigenvalue weighted by molar-refractivity contribution is -0.113. The fraction of sp³-hybridized carbons (Fsp3) is 0.111. The predicted molar refractivity (Wildman–Crippen MR) is 111 cm³/mol. The van der Waals surface area contributed by atoms with E-state index in [2.05, 4.69) is 20.5 Å². The van der Waals surface area contributed by atoms with Crippen molar-refractivity contribution < 1.29 is 4.79 Å². The first-order chi connectivity index (χ1) is 13.2. The third kappa shape index (κ3) is 4.10. The van der Waals surface area contributed by atoms with E-state index in [0.717, 1.165) is 22.0 Å². The summed E-state index contributed by atoms with van der Waals surface area (Å²) in [7, 11) is 1.91. The van der Waals surface area contributed by atoms with E-state index in [0.29, 0.717) is 10.3 Å². The lowest BCUT2D eigenvalue weighted by atomic mass is 10.2. The highest BCUT2D eigenvalue weighted by Gasteiger charge is 2.14. The van der Waals surface area contributed by atoms with Crippen molar-refractivity contribution in [2.24, 2.45) is 7.05 Å². The van der Waals surface area contributed by atoms with Gasteiger partial charge in [0.05, 0.1) is 16.3 Å². The highest BCUT2D eigenvalue weighted by atomic mass is 32.2. The molecular weight excluding hydrogens is 398 g/mol. The van der Waals surface area contributed by atoms with Gasteiger partial charge in [-0.25, -0.2) is 4.98 Å². The SMILES string of the molecule is Cn1c(SCC(=O)Nc2nc(-c3ccccc3)cs2)nnc1-c1cccs1. The van der Waals surface area contributed by atoms with E-state index in [1.165, 1.54) is 23.1 Å². The molecule has 27 heavy (non-hydrogen) atoms. The van der Waals surface area contributed by atoms with Gasteiger partial charge in [-0.05, 0) is 11.4 Å². The standard InChI is InChI=1S/C18H15N5OS3/c1-23-16(14-8-5-9-25-14)21-22-18(23)27-11-15(24)20-17-19-13(10-26-17)12-6-3-2-4-7-12/h2-10H,11H2,1H3,(H,19,20,24). The molecule has 1 N–H and O–H groups in total. The monoisotopic (exact) mass is 413 g/mol. The highest BCUT2D eigenvalue weighted by Crippen LogP contribution is 2.27. The third-order valence-electron chi connectivity index (χ3n) is 3.73. The Balaban J connectivity index is 1.36. The van der Waals surface area contributed by atoms with Gasteiger partial charge in [-0.3, -0.25) is 4.79 Å². The lowest BCUT2D eigenvalue weighted by Crippen LogP contribution is -2.14. The molecule has 3 aromatic heterocycles. The van der Waals surface area contributed by atoms with Gasteiger partial charge < -0.3 is 9.88 Å². The average molecular weight is 414 g/mol. The molecule has 0 saturated carbocycles. The Labute approximate surface area is 168 Å². The largest absolute Gasteiger partial charge is 0.304 e. The van der Waals surface area contributed by atoms with E-state index >= 15 is 0 Å². The van der Waals surface area contributed by atoms with Crippen LogP contribution in [-0.2, 0) is 11.8 Å². The molecule has 4 rings (SSSR count). The zero-order valence-electron chi connectivity index (χ0n) is 14.3. The van der Waals surface area contributed by atoms with Crippen molar-refractivity contribution in [3.8, 4) is 22.0 Å². The van der Waals surface area contributed by atoms with E-state index < -0.39 is 0 Å². The first-order valence-corrected chi connectivity index (χ1v) is 10.8. The molecule has 4 aromatic rings. The maximum Gasteiger partial charge on any atom is 0.236 e. The average Bonchev–Trinajstić information content (AvgIpc) is 3.42. The summed E-state index contributed by atoms with van der Waals surface area (Å²) in [4.78, 5) is 17.8. The Hall–Kier alpha value is -2.49. The van der Waals surface area contributed by atoms with Crippen LogP contribution in [0, 0.1) is 0 Å². The van der Waals surface area contributed by atoms with Gasteiger partial charge in [0, 0.05) is 18.0 Å². The summed E-state index contributed by atoms with van der Waals surface area (Å²) in [6.07, 6.45) is 0. The Morgan fingerprint density at radius 1 is 1.15 bits per heavy atom. The van der Waals surface area contributed by atoms with Gasteiger partial charge in [0.2, 0.25) is 5.91 Å². The van der Waals surface area contributed by atoms with Crippen molar-refractivity contribution in [1.29, 1.82) is 0 Å². The minimum Gasteiger partial charge on any atom is -0.304 e. The van der Waals surface area contributed by atoms with Crippen LogP contribution in [0.25, 0.3) is 22.0 Å². The van der Waals surface area contributed by atoms with E-state index in [-0.39, 0.29) is 11.7 Å². The number of anilines is 1. The number of nitrogens with zero attached hydrogens (tertiary/aromatic N) is 4. The highest BCUT2D eigenvalue weighted by molar-refractivity contribution is 7.99. The van der Waals surface area contributed by atoms with Gasteiger partial charge in [-0.1, -0.05) is 48.2 Å². The van der Waals surface area contributed by atoms with Crippen molar-refractivity contribution in [3.05, 3.63) is 53.2 Å². The Morgan fingerprint density at radius 3 is 2.78 bits per heavy atom. The van der Waals surface area contributed by atoms with Gasteiger partial charge in [-0.2, -0.15) is 0 Å². The van der Waals surface area contributed by atoms with Crippen molar-refractivity contribution >= 4 is 45.5 Å². The smallest absolute Gasteiger partial charge is 0.236 e. The lowest BCUT2D eigenvalue weighted by Gasteiger charge is -2.03. The molecule has 0 radical (unpaired) electrons. The van der Waals surface area contributed by atoms with Crippen LogP contribution in [0.15, 0.2) is 58.4 Å². The number of thiazole rings is 1. The topological polar surface area (TPSA) is 72.7 Å². The molecule has 0 unspecified atom stereocenters. The number of thioether (sulfide) groups is 1. The molecule has 0 atom stereocenters. The molecule has 1 amide bonds. The van der Waals surface area contributed by atoms with Crippen LogP contribution in [0.1, 0.15) is 0 Å². The van der Waals surface area contributed by atoms with Gasteiger partial charge in [0.1, 0.15) is 0 Å². The first-order valence-electron chi connectivity index (χ1n) is 8.07. The number of benzene rings is 1. The normalized spacial score (nSPS) is 10.9. The number of rotatable bonds is 6. The summed E-state index contributed by atoms with van der Waals surface area (Å²) in [5.74, 6) is 0.936. The molecule has 0 fully saturated rings. The molecule has 0 aliphatic carbocycles. The second-order valence-corrected chi connectivity index (χ2v) is 8.33. The van der Waals surface area contributed by atoms with E-state index in [1.54, 1.807) is 11.3 Å². The van der Waals surface area contributed by atoms with Gasteiger partial charge in [0.25, 0.3) is 0 Å². The van der Waals surface area contributed by atoms with Crippen molar-refractivity contribution in [3.63, 3.8) is 0 Å².